The fraction of sp³-hybridized carbons (Fsp3) is 0.429. The Labute approximate surface area is 138 Å². The maximum absolute atomic E-state index is 10.3. The van der Waals surface area contributed by atoms with E-state index in [2.05, 4.69) is 38.1 Å². The number of rotatable bonds is 3. The maximum Gasteiger partial charge on any atom is 0.119 e. The van der Waals surface area contributed by atoms with E-state index in [1.54, 1.807) is 7.11 Å². The van der Waals surface area contributed by atoms with E-state index >= 15 is 0 Å². The molecule has 1 saturated carbocycles. The van der Waals surface area contributed by atoms with Gasteiger partial charge in [0.2, 0.25) is 0 Å². The van der Waals surface area contributed by atoms with Gasteiger partial charge in [0.05, 0.1) is 7.11 Å². The third-order valence-electron chi connectivity index (χ3n) is 5.81. The third kappa shape index (κ3) is 2.32. The zero-order valence-electron chi connectivity index (χ0n) is 14.1. The molecule has 0 aliphatic heterocycles. The van der Waals surface area contributed by atoms with Crippen molar-refractivity contribution < 1.29 is 9.84 Å². The van der Waals surface area contributed by atoms with E-state index < -0.39 is 0 Å². The lowest BCUT2D eigenvalue weighted by Gasteiger charge is -2.19. The van der Waals surface area contributed by atoms with Gasteiger partial charge < -0.3 is 9.84 Å². The van der Waals surface area contributed by atoms with Gasteiger partial charge in [0.1, 0.15) is 11.5 Å². The van der Waals surface area contributed by atoms with Gasteiger partial charge in [-0.3, -0.25) is 0 Å². The number of methoxy groups -OCH3 is 1. The van der Waals surface area contributed by atoms with Crippen LogP contribution in [0.3, 0.4) is 0 Å². The Hall–Kier alpha value is -1.96. The minimum atomic E-state index is 0.191. The van der Waals surface area contributed by atoms with E-state index in [4.69, 9.17) is 4.74 Å². The van der Waals surface area contributed by atoms with Crippen molar-refractivity contribution in [3.63, 3.8) is 0 Å². The molecule has 1 unspecified atom stereocenters. The van der Waals surface area contributed by atoms with Crippen molar-refractivity contribution in [1.82, 2.24) is 0 Å². The number of ether oxygens (including phenoxy) is 1. The summed E-state index contributed by atoms with van der Waals surface area (Å²) in [7, 11) is 1.73. The molecule has 1 fully saturated rings. The van der Waals surface area contributed by atoms with Crippen molar-refractivity contribution in [3.8, 4) is 11.5 Å². The van der Waals surface area contributed by atoms with Gasteiger partial charge in [-0.25, -0.2) is 0 Å². The number of aryl methyl sites for hydroxylation is 2. The number of fused-ring (bicyclic) bond motifs is 1. The van der Waals surface area contributed by atoms with Gasteiger partial charge >= 0.3 is 0 Å². The Morgan fingerprint density at radius 1 is 1.17 bits per heavy atom. The second-order valence-corrected chi connectivity index (χ2v) is 7.45. The molecule has 0 amide bonds. The van der Waals surface area contributed by atoms with Crippen LogP contribution in [0.2, 0.25) is 0 Å². The van der Waals surface area contributed by atoms with Gasteiger partial charge in [-0.2, -0.15) is 0 Å². The summed E-state index contributed by atoms with van der Waals surface area (Å²) < 4.78 is 5.42. The number of phenolic OH excluding ortho intramolecular Hbond substituents is 1. The van der Waals surface area contributed by atoms with Crippen molar-refractivity contribution in [2.24, 2.45) is 0 Å². The standard InChI is InChI=1S/C21H24O2/c1-13-10-16(23-3)11-15-4-6-17(20(13)15)14-5-7-19(22)18(12-14)21(2)8-9-21/h5,7,10-12,17,22H,4,6,8-9H2,1-3H3. The van der Waals surface area contributed by atoms with Crippen LogP contribution in [0.5, 0.6) is 11.5 Å². The molecule has 1 atom stereocenters. The third-order valence-corrected chi connectivity index (χ3v) is 5.81. The Morgan fingerprint density at radius 3 is 2.65 bits per heavy atom. The molecule has 2 aromatic carbocycles. The molecule has 2 aliphatic rings. The summed E-state index contributed by atoms with van der Waals surface area (Å²) >= 11 is 0. The normalized spacial score (nSPS) is 21.1. The molecule has 0 aromatic heterocycles. The van der Waals surface area contributed by atoms with Crippen LogP contribution in [0.1, 0.15) is 59.9 Å². The Balaban J connectivity index is 1.77. The minimum absolute atomic E-state index is 0.191. The highest BCUT2D eigenvalue weighted by Crippen LogP contribution is 2.52. The Kier molecular flexibility index (Phi) is 3.19. The first-order chi connectivity index (χ1) is 11.0. The average molecular weight is 308 g/mol. The summed E-state index contributed by atoms with van der Waals surface area (Å²) in [5.41, 5.74) is 6.86. The summed E-state index contributed by atoms with van der Waals surface area (Å²) in [6, 6.07) is 10.6. The second kappa shape index (κ2) is 5.02. The van der Waals surface area contributed by atoms with Gasteiger partial charge in [-0.1, -0.05) is 19.1 Å². The van der Waals surface area contributed by atoms with E-state index in [1.807, 2.05) is 6.07 Å². The molecule has 1 N–H and O–H groups in total. The average Bonchev–Trinajstić information content (AvgIpc) is 3.13. The number of hydrogen-bond donors (Lipinski definition) is 1. The summed E-state index contributed by atoms with van der Waals surface area (Å²) in [6.07, 6.45) is 4.61. The lowest BCUT2D eigenvalue weighted by molar-refractivity contribution is 0.414. The molecule has 120 valence electrons. The predicted molar refractivity (Wildman–Crippen MR) is 92.6 cm³/mol. The van der Waals surface area contributed by atoms with Crippen LogP contribution in [-0.2, 0) is 11.8 Å². The highest BCUT2D eigenvalue weighted by atomic mass is 16.5. The molecule has 2 heteroatoms. The smallest absolute Gasteiger partial charge is 0.119 e. The van der Waals surface area contributed by atoms with Crippen LogP contribution in [-0.4, -0.2) is 12.2 Å². The van der Waals surface area contributed by atoms with E-state index in [9.17, 15) is 5.11 Å². The van der Waals surface area contributed by atoms with E-state index in [0.29, 0.717) is 11.7 Å². The number of hydrogen-bond acceptors (Lipinski definition) is 2. The Morgan fingerprint density at radius 2 is 1.96 bits per heavy atom. The molecule has 23 heavy (non-hydrogen) atoms. The van der Waals surface area contributed by atoms with Gasteiger partial charge in [-0.05, 0) is 78.5 Å². The van der Waals surface area contributed by atoms with E-state index in [0.717, 1.165) is 24.2 Å². The molecular formula is C21H24O2. The molecule has 2 aromatic rings. The summed E-state index contributed by atoms with van der Waals surface area (Å²) in [5, 5.41) is 10.3. The van der Waals surface area contributed by atoms with Crippen LogP contribution in [0.15, 0.2) is 30.3 Å². The quantitative estimate of drug-likeness (QED) is 0.879. The topological polar surface area (TPSA) is 29.5 Å². The Bertz CT molecular complexity index is 772. The number of phenols is 1. The lowest BCUT2D eigenvalue weighted by Crippen LogP contribution is -2.04. The van der Waals surface area contributed by atoms with Gasteiger partial charge in [0.25, 0.3) is 0 Å². The molecular weight excluding hydrogens is 284 g/mol. The van der Waals surface area contributed by atoms with Crippen LogP contribution in [0, 0.1) is 6.92 Å². The van der Waals surface area contributed by atoms with Crippen LogP contribution >= 0.6 is 0 Å². The molecule has 2 aliphatic carbocycles. The summed E-state index contributed by atoms with van der Waals surface area (Å²) in [5.74, 6) is 1.86. The molecule has 0 radical (unpaired) electrons. The van der Waals surface area contributed by atoms with Crippen LogP contribution < -0.4 is 4.74 Å². The first-order valence-corrected chi connectivity index (χ1v) is 8.52. The van der Waals surface area contributed by atoms with Crippen molar-refractivity contribution >= 4 is 0 Å². The largest absolute Gasteiger partial charge is 0.508 e. The SMILES string of the molecule is COc1cc(C)c2c(c1)CCC2c1ccc(O)c(C2(C)CC2)c1. The first kappa shape index (κ1) is 14.6. The second-order valence-electron chi connectivity index (χ2n) is 7.45. The van der Waals surface area contributed by atoms with E-state index in [1.165, 1.54) is 35.1 Å². The van der Waals surface area contributed by atoms with Gasteiger partial charge in [0, 0.05) is 11.5 Å². The van der Waals surface area contributed by atoms with Gasteiger partial charge in [-0.15, -0.1) is 0 Å². The molecule has 4 rings (SSSR count). The zero-order valence-corrected chi connectivity index (χ0v) is 14.1. The van der Waals surface area contributed by atoms with Crippen molar-refractivity contribution in [2.45, 2.75) is 50.9 Å². The maximum atomic E-state index is 10.3. The van der Waals surface area contributed by atoms with Crippen molar-refractivity contribution in [3.05, 3.63) is 58.1 Å². The molecule has 2 nitrogen and oxygen atoms in total. The molecule has 0 heterocycles. The van der Waals surface area contributed by atoms with Gasteiger partial charge in [0.15, 0.2) is 0 Å². The predicted octanol–water partition coefficient (Wildman–Crippen LogP) is 4.84. The zero-order chi connectivity index (χ0) is 16.2. The van der Waals surface area contributed by atoms with Crippen LogP contribution in [0.25, 0.3) is 0 Å². The summed E-state index contributed by atoms with van der Waals surface area (Å²) in [6.45, 7) is 4.44. The van der Waals surface area contributed by atoms with Crippen molar-refractivity contribution in [2.75, 3.05) is 7.11 Å². The monoisotopic (exact) mass is 308 g/mol. The molecule has 0 spiro atoms. The van der Waals surface area contributed by atoms with Crippen molar-refractivity contribution in [1.29, 1.82) is 0 Å². The first-order valence-electron chi connectivity index (χ1n) is 8.52. The molecule has 0 bridgehead atoms. The minimum Gasteiger partial charge on any atom is -0.508 e. The fourth-order valence-electron chi connectivity index (χ4n) is 4.15. The summed E-state index contributed by atoms with van der Waals surface area (Å²) in [4.78, 5) is 0. The highest BCUT2D eigenvalue weighted by molar-refractivity contribution is 5.53. The lowest BCUT2D eigenvalue weighted by atomic mass is 9.86. The molecule has 0 saturated heterocycles. The number of benzene rings is 2. The number of aromatic hydroxyl groups is 1. The van der Waals surface area contributed by atoms with Crippen LogP contribution in [0.4, 0.5) is 0 Å². The highest BCUT2D eigenvalue weighted by Gasteiger charge is 2.41. The fourth-order valence-corrected chi connectivity index (χ4v) is 4.15. The van der Waals surface area contributed by atoms with E-state index in [-0.39, 0.29) is 5.41 Å².